The predicted octanol–water partition coefficient (Wildman–Crippen LogP) is 4.85. The Hall–Kier alpha value is -1.33. The lowest BCUT2D eigenvalue weighted by Crippen LogP contribution is -2.13. The molecule has 1 amide bonds. The smallest absolute Gasteiger partial charge is 0.225 e. The molecular weight excluding hydrogens is 353 g/mol. The Morgan fingerprint density at radius 2 is 1.95 bits per heavy atom. The second kappa shape index (κ2) is 8.20. The van der Waals surface area contributed by atoms with E-state index in [2.05, 4.69) is 33.4 Å². The van der Waals surface area contributed by atoms with Crippen LogP contribution in [0.3, 0.4) is 0 Å². The van der Waals surface area contributed by atoms with Crippen molar-refractivity contribution >= 4 is 39.3 Å². The lowest BCUT2D eigenvalue weighted by atomic mass is 10.2. The van der Waals surface area contributed by atoms with Gasteiger partial charge in [-0.25, -0.2) is 4.39 Å². The van der Waals surface area contributed by atoms with Crippen molar-refractivity contribution in [3.05, 3.63) is 64.4 Å². The summed E-state index contributed by atoms with van der Waals surface area (Å²) < 4.78 is 14.2. The maximum absolute atomic E-state index is 13.6. The van der Waals surface area contributed by atoms with Gasteiger partial charge < -0.3 is 5.32 Å². The van der Waals surface area contributed by atoms with E-state index in [-0.39, 0.29) is 11.6 Å². The monoisotopic (exact) mass is 367 g/mol. The molecule has 0 aliphatic heterocycles. The van der Waals surface area contributed by atoms with Crippen LogP contribution in [-0.2, 0) is 10.5 Å². The van der Waals surface area contributed by atoms with Gasteiger partial charge in [0.05, 0.1) is 5.69 Å². The third-order valence-electron chi connectivity index (χ3n) is 2.79. The van der Waals surface area contributed by atoms with Crippen LogP contribution in [0.15, 0.2) is 53.0 Å². The molecule has 110 valence electrons. The first-order chi connectivity index (χ1) is 10.1. The van der Waals surface area contributed by atoms with Gasteiger partial charge >= 0.3 is 0 Å². The van der Waals surface area contributed by atoms with Gasteiger partial charge in [-0.15, -0.1) is 0 Å². The van der Waals surface area contributed by atoms with Crippen LogP contribution in [0.2, 0.25) is 0 Å². The highest BCUT2D eigenvalue weighted by Crippen LogP contribution is 2.20. The zero-order valence-corrected chi connectivity index (χ0v) is 13.7. The highest BCUT2D eigenvalue weighted by atomic mass is 79.9. The SMILES string of the molecule is O=C(CCSCc1ccccc1)Nc1ccc(Br)cc1F. The fraction of sp³-hybridized carbons (Fsp3) is 0.188. The second-order valence-corrected chi connectivity index (χ2v) is 6.48. The number of amides is 1. The van der Waals surface area contributed by atoms with Gasteiger partial charge in [-0.05, 0) is 23.8 Å². The molecule has 0 aliphatic carbocycles. The number of hydrogen-bond donors (Lipinski definition) is 1. The third-order valence-corrected chi connectivity index (χ3v) is 4.31. The molecule has 1 N–H and O–H groups in total. The number of carbonyl (C=O) groups excluding carboxylic acids is 1. The molecule has 0 saturated heterocycles. The summed E-state index contributed by atoms with van der Waals surface area (Å²) in [7, 11) is 0. The van der Waals surface area contributed by atoms with E-state index in [1.165, 1.54) is 11.6 Å². The maximum Gasteiger partial charge on any atom is 0.225 e. The molecule has 2 aromatic carbocycles. The Kier molecular flexibility index (Phi) is 6.26. The van der Waals surface area contributed by atoms with Crippen molar-refractivity contribution in [2.75, 3.05) is 11.1 Å². The summed E-state index contributed by atoms with van der Waals surface area (Å²) in [5.74, 6) is 0.978. The molecule has 0 spiro atoms. The zero-order valence-electron chi connectivity index (χ0n) is 11.3. The lowest BCUT2D eigenvalue weighted by Gasteiger charge is -2.07. The lowest BCUT2D eigenvalue weighted by molar-refractivity contribution is -0.115. The molecule has 0 saturated carbocycles. The topological polar surface area (TPSA) is 29.1 Å². The van der Waals surface area contributed by atoms with E-state index in [0.717, 1.165) is 5.75 Å². The minimum atomic E-state index is -0.435. The van der Waals surface area contributed by atoms with Crippen LogP contribution in [0.1, 0.15) is 12.0 Å². The van der Waals surface area contributed by atoms with Gasteiger partial charge in [0.25, 0.3) is 0 Å². The predicted molar refractivity (Wildman–Crippen MR) is 90.0 cm³/mol. The first-order valence-corrected chi connectivity index (χ1v) is 8.46. The number of thioether (sulfide) groups is 1. The molecule has 21 heavy (non-hydrogen) atoms. The molecule has 0 radical (unpaired) electrons. The van der Waals surface area contributed by atoms with Crippen molar-refractivity contribution in [1.82, 2.24) is 0 Å². The molecule has 2 rings (SSSR count). The second-order valence-electron chi connectivity index (χ2n) is 4.46. The van der Waals surface area contributed by atoms with E-state index < -0.39 is 5.82 Å². The molecule has 0 aromatic heterocycles. The van der Waals surface area contributed by atoms with E-state index in [9.17, 15) is 9.18 Å². The van der Waals surface area contributed by atoms with E-state index >= 15 is 0 Å². The summed E-state index contributed by atoms with van der Waals surface area (Å²) in [6.07, 6.45) is 0.368. The molecule has 2 nitrogen and oxygen atoms in total. The molecule has 0 bridgehead atoms. The largest absolute Gasteiger partial charge is 0.324 e. The molecule has 5 heteroatoms. The summed E-state index contributed by atoms with van der Waals surface area (Å²) >= 11 is 4.87. The van der Waals surface area contributed by atoms with Crippen molar-refractivity contribution in [3.63, 3.8) is 0 Å². The number of hydrogen-bond acceptors (Lipinski definition) is 2. The summed E-state index contributed by atoms with van der Waals surface area (Å²) in [5, 5.41) is 2.59. The van der Waals surface area contributed by atoms with Crippen LogP contribution in [0, 0.1) is 5.82 Å². The van der Waals surface area contributed by atoms with E-state index in [1.807, 2.05) is 18.2 Å². The summed E-state index contributed by atoms with van der Waals surface area (Å²) in [6.45, 7) is 0. The number of halogens is 2. The van der Waals surface area contributed by atoms with E-state index in [1.54, 1.807) is 23.9 Å². The maximum atomic E-state index is 13.6. The van der Waals surface area contributed by atoms with Gasteiger partial charge in [0.2, 0.25) is 5.91 Å². The van der Waals surface area contributed by atoms with Crippen molar-refractivity contribution in [3.8, 4) is 0 Å². The van der Waals surface area contributed by atoms with Crippen LogP contribution in [0.4, 0.5) is 10.1 Å². The highest BCUT2D eigenvalue weighted by molar-refractivity contribution is 9.10. The number of benzene rings is 2. The first kappa shape index (κ1) is 16.0. The van der Waals surface area contributed by atoms with Gasteiger partial charge in [0, 0.05) is 22.4 Å². The molecule has 0 unspecified atom stereocenters. The molecular formula is C16H15BrFNOS. The summed E-state index contributed by atoms with van der Waals surface area (Å²) in [6, 6.07) is 14.7. The normalized spacial score (nSPS) is 10.4. The Bertz CT molecular complexity index is 606. The van der Waals surface area contributed by atoms with Crippen molar-refractivity contribution in [2.24, 2.45) is 0 Å². The number of anilines is 1. The average Bonchev–Trinajstić information content (AvgIpc) is 2.48. The molecule has 0 fully saturated rings. The molecule has 0 aliphatic rings. The fourth-order valence-corrected chi connectivity index (χ4v) is 2.97. The minimum Gasteiger partial charge on any atom is -0.324 e. The Morgan fingerprint density at radius 1 is 1.19 bits per heavy atom. The quantitative estimate of drug-likeness (QED) is 0.739. The first-order valence-electron chi connectivity index (χ1n) is 6.52. The average molecular weight is 368 g/mol. The summed E-state index contributed by atoms with van der Waals surface area (Å²) in [4.78, 5) is 11.8. The van der Waals surface area contributed by atoms with Crippen molar-refractivity contribution in [2.45, 2.75) is 12.2 Å². The van der Waals surface area contributed by atoms with Gasteiger partial charge in [-0.3, -0.25) is 4.79 Å². The van der Waals surface area contributed by atoms with Crippen LogP contribution in [0.5, 0.6) is 0 Å². The van der Waals surface area contributed by atoms with Crippen LogP contribution in [-0.4, -0.2) is 11.7 Å². The highest BCUT2D eigenvalue weighted by Gasteiger charge is 2.07. The molecule has 0 atom stereocenters. The van der Waals surface area contributed by atoms with Gasteiger partial charge in [0.15, 0.2) is 0 Å². The Balaban J connectivity index is 1.72. The van der Waals surface area contributed by atoms with Crippen LogP contribution in [0.25, 0.3) is 0 Å². The van der Waals surface area contributed by atoms with E-state index in [0.29, 0.717) is 16.6 Å². The van der Waals surface area contributed by atoms with E-state index in [4.69, 9.17) is 0 Å². The minimum absolute atomic E-state index is 0.170. The molecule has 2 aromatic rings. The number of nitrogens with one attached hydrogen (secondary N) is 1. The third kappa shape index (κ3) is 5.52. The summed E-state index contributed by atoms with van der Waals surface area (Å²) in [5.41, 5.74) is 1.46. The van der Waals surface area contributed by atoms with Crippen LogP contribution < -0.4 is 5.32 Å². The Morgan fingerprint density at radius 3 is 2.67 bits per heavy atom. The van der Waals surface area contributed by atoms with Crippen LogP contribution >= 0.6 is 27.7 Å². The van der Waals surface area contributed by atoms with Gasteiger partial charge in [0.1, 0.15) is 5.82 Å². The number of rotatable bonds is 6. The zero-order chi connectivity index (χ0) is 15.1. The number of carbonyl (C=O) groups is 1. The van der Waals surface area contributed by atoms with Gasteiger partial charge in [-0.2, -0.15) is 11.8 Å². The van der Waals surface area contributed by atoms with Gasteiger partial charge in [-0.1, -0.05) is 46.3 Å². The van der Waals surface area contributed by atoms with Crippen molar-refractivity contribution < 1.29 is 9.18 Å². The molecule has 0 heterocycles. The fourth-order valence-electron chi connectivity index (χ4n) is 1.73. The van der Waals surface area contributed by atoms with Crippen molar-refractivity contribution in [1.29, 1.82) is 0 Å². The Labute approximate surface area is 136 Å². The standard InChI is InChI=1S/C16H15BrFNOS/c17-13-6-7-15(14(18)10-13)19-16(20)8-9-21-11-12-4-2-1-3-5-12/h1-7,10H,8-9,11H2,(H,19,20).